The van der Waals surface area contributed by atoms with Crippen LogP contribution in [0.15, 0.2) is 29.8 Å². The van der Waals surface area contributed by atoms with Gasteiger partial charge in [0.05, 0.1) is 11.4 Å². The molecular weight excluding hydrogens is 254 g/mol. The Hall–Kier alpha value is -1.70. The van der Waals surface area contributed by atoms with Crippen LogP contribution in [0, 0.1) is 12.3 Å². The molecule has 0 spiro atoms. The summed E-state index contributed by atoms with van der Waals surface area (Å²) < 4.78 is 0. The van der Waals surface area contributed by atoms with Crippen molar-refractivity contribution in [1.29, 1.82) is 0 Å². The minimum atomic E-state index is 0.805. The smallest absolute Gasteiger partial charge is 0.142 e. The Morgan fingerprint density at radius 2 is 2.26 bits per heavy atom. The van der Waals surface area contributed by atoms with E-state index in [0.29, 0.717) is 0 Å². The van der Waals surface area contributed by atoms with Gasteiger partial charge in [-0.3, -0.25) is 4.98 Å². The Balaban J connectivity index is 1.77. The Morgan fingerprint density at radius 3 is 3.05 bits per heavy atom. The van der Waals surface area contributed by atoms with Gasteiger partial charge in [-0.1, -0.05) is 6.07 Å². The maximum Gasteiger partial charge on any atom is 0.142 e. The summed E-state index contributed by atoms with van der Waals surface area (Å²) in [7, 11) is 0. The first-order chi connectivity index (χ1) is 9.40. The van der Waals surface area contributed by atoms with Crippen LogP contribution >= 0.6 is 11.3 Å². The van der Waals surface area contributed by atoms with E-state index in [0.717, 1.165) is 48.7 Å². The van der Waals surface area contributed by atoms with Crippen LogP contribution in [-0.2, 0) is 6.54 Å². The molecular formula is C15H17N3S. The number of hydrogen-bond donors (Lipinski definition) is 1. The second kappa shape index (κ2) is 7.67. The van der Waals surface area contributed by atoms with E-state index in [1.165, 1.54) is 0 Å². The van der Waals surface area contributed by atoms with Crippen LogP contribution in [0.4, 0.5) is 0 Å². The summed E-state index contributed by atoms with van der Waals surface area (Å²) in [5.74, 6) is 2.65. The van der Waals surface area contributed by atoms with Crippen molar-refractivity contribution in [2.75, 3.05) is 6.54 Å². The maximum atomic E-state index is 5.21. The van der Waals surface area contributed by atoms with Gasteiger partial charge in [0, 0.05) is 24.5 Å². The normalized spacial score (nSPS) is 10.3. The van der Waals surface area contributed by atoms with E-state index in [1.54, 1.807) is 17.5 Å². The molecule has 0 unspecified atom stereocenters. The molecule has 0 aliphatic heterocycles. The number of hydrogen-bond acceptors (Lipinski definition) is 4. The van der Waals surface area contributed by atoms with Crippen molar-refractivity contribution in [1.82, 2.24) is 15.3 Å². The van der Waals surface area contributed by atoms with Gasteiger partial charge in [-0.05, 0) is 31.5 Å². The van der Waals surface area contributed by atoms with Crippen molar-refractivity contribution in [3.63, 3.8) is 0 Å². The molecule has 0 radical (unpaired) electrons. The van der Waals surface area contributed by atoms with Crippen LogP contribution in [0.2, 0.25) is 0 Å². The van der Waals surface area contributed by atoms with Gasteiger partial charge >= 0.3 is 0 Å². The summed E-state index contributed by atoms with van der Waals surface area (Å²) in [4.78, 5) is 8.88. The van der Waals surface area contributed by atoms with Crippen LogP contribution in [0.25, 0.3) is 10.7 Å². The molecule has 0 atom stereocenters. The zero-order valence-corrected chi connectivity index (χ0v) is 11.6. The Bertz CT molecular complexity index is 528. The zero-order chi connectivity index (χ0) is 13.3. The molecule has 19 heavy (non-hydrogen) atoms. The maximum absolute atomic E-state index is 5.21. The number of rotatable bonds is 7. The van der Waals surface area contributed by atoms with Crippen molar-refractivity contribution in [3.05, 3.63) is 35.5 Å². The van der Waals surface area contributed by atoms with Gasteiger partial charge in [0.1, 0.15) is 5.01 Å². The Kier molecular flexibility index (Phi) is 5.54. The lowest BCUT2D eigenvalue weighted by atomic mass is 10.2. The molecule has 2 heterocycles. The number of nitrogens with zero attached hydrogens (tertiary/aromatic N) is 2. The van der Waals surface area contributed by atoms with Crippen LogP contribution in [0.3, 0.4) is 0 Å². The molecule has 0 aromatic carbocycles. The molecule has 1 N–H and O–H groups in total. The van der Waals surface area contributed by atoms with E-state index < -0.39 is 0 Å². The molecule has 4 heteroatoms. The van der Waals surface area contributed by atoms with Gasteiger partial charge in [-0.25, -0.2) is 4.98 Å². The van der Waals surface area contributed by atoms with Crippen LogP contribution in [0.5, 0.6) is 0 Å². The van der Waals surface area contributed by atoms with Crippen molar-refractivity contribution >= 4 is 11.3 Å². The van der Waals surface area contributed by atoms with Gasteiger partial charge in [-0.2, -0.15) is 0 Å². The largest absolute Gasteiger partial charge is 0.311 e. The second-order valence-corrected chi connectivity index (χ2v) is 5.06. The summed E-state index contributed by atoms with van der Waals surface area (Å²) in [6.07, 6.45) is 10.1. The number of pyridine rings is 1. The van der Waals surface area contributed by atoms with Gasteiger partial charge in [0.2, 0.25) is 0 Å². The zero-order valence-electron chi connectivity index (χ0n) is 10.8. The number of terminal acetylenes is 1. The first-order valence-corrected chi connectivity index (χ1v) is 7.28. The number of thiazole rings is 1. The molecule has 98 valence electrons. The monoisotopic (exact) mass is 271 g/mol. The molecule has 0 aliphatic carbocycles. The van der Waals surface area contributed by atoms with Gasteiger partial charge in [0.25, 0.3) is 0 Å². The molecule has 0 saturated heterocycles. The molecule has 3 nitrogen and oxygen atoms in total. The van der Waals surface area contributed by atoms with Gasteiger partial charge in [0.15, 0.2) is 0 Å². The predicted octanol–water partition coefficient (Wildman–Crippen LogP) is 3.10. The third-order valence-corrected chi connectivity index (χ3v) is 3.58. The lowest BCUT2D eigenvalue weighted by Crippen LogP contribution is -2.14. The van der Waals surface area contributed by atoms with E-state index in [9.17, 15) is 0 Å². The number of aromatic nitrogens is 2. The highest BCUT2D eigenvalue weighted by Crippen LogP contribution is 2.21. The lowest BCUT2D eigenvalue weighted by Gasteiger charge is -2.00. The summed E-state index contributed by atoms with van der Waals surface area (Å²) in [5.41, 5.74) is 2.01. The first-order valence-electron chi connectivity index (χ1n) is 6.40. The molecule has 0 amide bonds. The highest BCUT2D eigenvalue weighted by molar-refractivity contribution is 7.13. The molecule has 0 aliphatic rings. The van der Waals surface area contributed by atoms with E-state index >= 15 is 0 Å². The van der Waals surface area contributed by atoms with E-state index in [1.807, 2.05) is 18.2 Å². The van der Waals surface area contributed by atoms with Crippen LogP contribution < -0.4 is 5.32 Å². The average Bonchev–Trinajstić information content (AvgIpc) is 2.92. The van der Waals surface area contributed by atoms with E-state index in [2.05, 4.69) is 26.6 Å². The summed E-state index contributed by atoms with van der Waals surface area (Å²) in [6, 6.07) is 5.87. The number of nitrogens with one attached hydrogen (secondary N) is 1. The first kappa shape index (κ1) is 13.7. The Morgan fingerprint density at radius 1 is 1.32 bits per heavy atom. The molecule has 0 saturated carbocycles. The van der Waals surface area contributed by atoms with Gasteiger partial charge < -0.3 is 5.32 Å². The molecule has 0 bridgehead atoms. The molecule has 2 rings (SSSR count). The average molecular weight is 271 g/mol. The fraction of sp³-hybridized carbons (Fsp3) is 0.333. The molecule has 2 aromatic rings. The highest BCUT2D eigenvalue weighted by atomic mass is 32.1. The van der Waals surface area contributed by atoms with Gasteiger partial charge in [-0.15, -0.1) is 23.7 Å². The summed E-state index contributed by atoms with van der Waals surface area (Å²) >= 11 is 1.63. The van der Waals surface area contributed by atoms with Crippen molar-refractivity contribution in [2.24, 2.45) is 0 Å². The van der Waals surface area contributed by atoms with Crippen molar-refractivity contribution in [3.8, 4) is 23.0 Å². The summed E-state index contributed by atoms with van der Waals surface area (Å²) in [6.45, 7) is 1.79. The van der Waals surface area contributed by atoms with E-state index in [4.69, 9.17) is 6.42 Å². The quantitative estimate of drug-likeness (QED) is 0.621. The fourth-order valence-electron chi connectivity index (χ4n) is 1.69. The standard InChI is InChI=1S/C15H17N3S/c1-2-3-4-6-9-16-11-13-12-19-15(18-13)14-8-5-7-10-17-14/h1,5,7-8,10,12,16H,3-4,6,9,11H2. The Labute approximate surface area is 118 Å². The van der Waals surface area contributed by atoms with Crippen LogP contribution in [0.1, 0.15) is 25.0 Å². The lowest BCUT2D eigenvalue weighted by molar-refractivity contribution is 0.624. The summed E-state index contributed by atoms with van der Waals surface area (Å²) in [5, 5.41) is 6.44. The highest BCUT2D eigenvalue weighted by Gasteiger charge is 2.04. The fourth-order valence-corrected chi connectivity index (χ4v) is 2.48. The van der Waals surface area contributed by atoms with Crippen molar-refractivity contribution < 1.29 is 0 Å². The second-order valence-electron chi connectivity index (χ2n) is 4.20. The molecule has 2 aromatic heterocycles. The SMILES string of the molecule is C#CCCCCNCc1csc(-c2ccccn2)n1. The third-order valence-electron chi connectivity index (χ3n) is 2.67. The molecule has 0 fully saturated rings. The third kappa shape index (κ3) is 4.47. The predicted molar refractivity (Wildman–Crippen MR) is 79.7 cm³/mol. The van der Waals surface area contributed by atoms with Crippen LogP contribution in [-0.4, -0.2) is 16.5 Å². The van der Waals surface area contributed by atoms with E-state index in [-0.39, 0.29) is 0 Å². The number of unbranched alkanes of at least 4 members (excludes halogenated alkanes) is 2. The minimum Gasteiger partial charge on any atom is -0.311 e. The topological polar surface area (TPSA) is 37.8 Å². The van der Waals surface area contributed by atoms with Crippen molar-refractivity contribution in [2.45, 2.75) is 25.8 Å². The minimum absolute atomic E-state index is 0.805.